The van der Waals surface area contributed by atoms with Crippen LogP contribution in [0.15, 0.2) is 30.5 Å². The number of alkyl halides is 3. The van der Waals surface area contributed by atoms with Crippen LogP contribution >= 0.6 is 0 Å². The third-order valence-electron chi connectivity index (χ3n) is 4.01. The van der Waals surface area contributed by atoms with Crippen LogP contribution < -0.4 is 14.4 Å². The van der Waals surface area contributed by atoms with E-state index in [1.54, 1.807) is 31.3 Å². The number of rotatable bonds is 6. The van der Waals surface area contributed by atoms with Gasteiger partial charge in [0.25, 0.3) is 0 Å². The number of benzene rings is 1. The fraction of sp³-hybridized carbons (Fsp3) is 0.412. The minimum atomic E-state index is -4.50. The molecule has 1 fully saturated rings. The summed E-state index contributed by atoms with van der Waals surface area (Å²) in [4.78, 5) is 9.55. The molecule has 5 nitrogen and oxygen atoms in total. The van der Waals surface area contributed by atoms with Gasteiger partial charge in [0.1, 0.15) is 17.2 Å². The van der Waals surface area contributed by atoms with Crippen LogP contribution in [0, 0.1) is 0 Å². The number of methoxy groups -OCH3 is 2. The van der Waals surface area contributed by atoms with Crippen molar-refractivity contribution in [1.29, 1.82) is 0 Å². The van der Waals surface area contributed by atoms with Gasteiger partial charge in [-0.3, -0.25) is 0 Å². The summed E-state index contributed by atoms with van der Waals surface area (Å²) in [6.45, 7) is 0.340. The zero-order chi connectivity index (χ0) is 18.0. The van der Waals surface area contributed by atoms with Crippen molar-refractivity contribution in [2.75, 3.05) is 19.1 Å². The van der Waals surface area contributed by atoms with E-state index in [-0.39, 0.29) is 12.0 Å². The minimum absolute atomic E-state index is 0.0715. The fourth-order valence-corrected chi connectivity index (χ4v) is 2.58. The molecule has 1 aromatic carbocycles. The van der Waals surface area contributed by atoms with E-state index < -0.39 is 11.9 Å². The summed E-state index contributed by atoms with van der Waals surface area (Å²) in [6.07, 6.45) is -1.57. The first-order chi connectivity index (χ1) is 11.9. The van der Waals surface area contributed by atoms with Gasteiger partial charge in [-0.25, -0.2) is 9.97 Å². The molecular formula is C17H18F3N3O2. The highest BCUT2D eigenvalue weighted by molar-refractivity contribution is 5.45. The summed E-state index contributed by atoms with van der Waals surface area (Å²) in [7, 11) is 3.10. The highest BCUT2D eigenvalue weighted by atomic mass is 19.4. The maximum Gasteiger partial charge on any atom is 0.433 e. The maximum absolute atomic E-state index is 12.9. The number of hydrogen-bond acceptors (Lipinski definition) is 5. The van der Waals surface area contributed by atoms with Crippen LogP contribution in [0.2, 0.25) is 0 Å². The second-order valence-electron chi connectivity index (χ2n) is 5.78. The molecule has 0 atom stereocenters. The highest BCUT2D eigenvalue weighted by Crippen LogP contribution is 2.35. The molecule has 0 aliphatic heterocycles. The lowest BCUT2D eigenvalue weighted by atomic mass is 10.1. The van der Waals surface area contributed by atoms with Gasteiger partial charge in [-0.1, -0.05) is 0 Å². The van der Waals surface area contributed by atoms with E-state index in [4.69, 9.17) is 9.47 Å². The lowest BCUT2D eigenvalue weighted by Crippen LogP contribution is -2.28. The zero-order valence-corrected chi connectivity index (χ0v) is 13.9. The van der Waals surface area contributed by atoms with E-state index >= 15 is 0 Å². The summed E-state index contributed by atoms with van der Waals surface area (Å²) in [5.74, 6) is 1.36. The number of aromatic nitrogens is 2. The summed E-state index contributed by atoms with van der Waals surface area (Å²) in [5, 5.41) is 0. The molecule has 3 rings (SSSR count). The van der Waals surface area contributed by atoms with Crippen LogP contribution in [-0.4, -0.2) is 30.2 Å². The highest BCUT2D eigenvalue weighted by Gasteiger charge is 2.36. The van der Waals surface area contributed by atoms with Gasteiger partial charge in [0.2, 0.25) is 5.95 Å². The van der Waals surface area contributed by atoms with Gasteiger partial charge in [0.15, 0.2) is 0 Å². The average molecular weight is 353 g/mol. The standard InChI is InChI=1S/C17H18F3N3O2/c1-24-13-5-6-14(25-2)11(9-13)10-23(12-3-4-12)16-21-8-7-15(22-16)17(18,19)20/h5-9,12H,3-4,10H2,1-2H3. The van der Waals surface area contributed by atoms with Crippen molar-refractivity contribution < 1.29 is 22.6 Å². The van der Waals surface area contributed by atoms with Gasteiger partial charge in [-0.05, 0) is 37.1 Å². The van der Waals surface area contributed by atoms with Gasteiger partial charge < -0.3 is 14.4 Å². The molecule has 0 N–H and O–H groups in total. The lowest BCUT2D eigenvalue weighted by Gasteiger charge is -2.24. The van der Waals surface area contributed by atoms with Gasteiger partial charge in [0, 0.05) is 24.3 Å². The Morgan fingerprint density at radius 3 is 2.52 bits per heavy atom. The van der Waals surface area contributed by atoms with E-state index in [9.17, 15) is 13.2 Å². The number of hydrogen-bond donors (Lipinski definition) is 0. The molecule has 25 heavy (non-hydrogen) atoms. The third kappa shape index (κ3) is 3.94. The van der Waals surface area contributed by atoms with Crippen LogP contribution in [-0.2, 0) is 12.7 Å². The molecule has 1 aromatic heterocycles. The predicted octanol–water partition coefficient (Wildman–Crippen LogP) is 3.68. The van der Waals surface area contributed by atoms with Crippen LogP contribution in [0.3, 0.4) is 0 Å². The summed E-state index contributed by atoms with van der Waals surface area (Å²) in [6, 6.07) is 6.35. The molecule has 0 amide bonds. The fourth-order valence-electron chi connectivity index (χ4n) is 2.58. The van der Waals surface area contributed by atoms with Crippen LogP contribution in [0.1, 0.15) is 24.1 Å². The number of anilines is 1. The van der Waals surface area contributed by atoms with E-state index in [1.165, 1.54) is 0 Å². The van der Waals surface area contributed by atoms with Crippen molar-refractivity contribution in [2.45, 2.75) is 31.6 Å². The first-order valence-corrected chi connectivity index (χ1v) is 7.80. The van der Waals surface area contributed by atoms with E-state index in [2.05, 4.69) is 9.97 Å². The molecule has 8 heteroatoms. The zero-order valence-electron chi connectivity index (χ0n) is 13.9. The Kier molecular flexibility index (Phi) is 4.69. The first kappa shape index (κ1) is 17.3. The maximum atomic E-state index is 12.9. The van der Waals surface area contributed by atoms with Crippen LogP contribution in [0.5, 0.6) is 11.5 Å². The monoisotopic (exact) mass is 353 g/mol. The molecule has 0 spiro atoms. The lowest BCUT2D eigenvalue weighted by molar-refractivity contribution is -0.141. The van der Waals surface area contributed by atoms with Gasteiger partial charge in [-0.15, -0.1) is 0 Å². The van der Waals surface area contributed by atoms with E-state index in [0.29, 0.717) is 18.0 Å². The molecule has 134 valence electrons. The second-order valence-corrected chi connectivity index (χ2v) is 5.78. The number of ether oxygens (including phenoxy) is 2. The molecule has 0 radical (unpaired) electrons. The summed E-state index contributed by atoms with van der Waals surface area (Å²) >= 11 is 0. The Bertz CT molecular complexity index is 748. The molecule has 2 aromatic rings. The predicted molar refractivity (Wildman–Crippen MR) is 85.8 cm³/mol. The molecule has 1 saturated carbocycles. The average Bonchev–Trinajstić information content (AvgIpc) is 3.43. The molecule has 0 saturated heterocycles. The Morgan fingerprint density at radius 1 is 1.16 bits per heavy atom. The van der Waals surface area contributed by atoms with Gasteiger partial charge in [-0.2, -0.15) is 13.2 Å². The Hall–Kier alpha value is -2.51. The van der Waals surface area contributed by atoms with Gasteiger partial charge >= 0.3 is 6.18 Å². The van der Waals surface area contributed by atoms with Crippen molar-refractivity contribution in [3.63, 3.8) is 0 Å². The minimum Gasteiger partial charge on any atom is -0.497 e. The van der Waals surface area contributed by atoms with Crippen molar-refractivity contribution in [2.24, 2.45) is 0 Å². The quantitative estimate of drug-likeness (QED) is 0.793. The van der Waals surface area contributed by atoms with E-state index in [1.807, 2.05) is 6.07 Å². The Balaban J connectivity index is 1.93. The normalized spacial score (nSPS) is 14.3. The van der Waals surface area contributed by atoms with Crippen molar-refractivity contribution in [1.82, 2.24) is 9.97 Å². The summed E-state index contributed by atoms with van der Waals surface area (Å²) in [5.41, 5.74) is -0.143. The molecular weight excluding hydrogens is 335 g/mol. The smallest absolute Gasteiger partial charge is 0.433 e. The summed E-state index contributed by atoms with van der Waals surface area (Å²) < 4.78 is 49.4. The van der Waals surface area contributed by atoms with Crippen molar-refractivity contribution in [3.8, 4) is 11.5 Å². The molecule has 1 aliphatic rings. The molecule has 0 unspecified atom stereocenters. The Morgan fingerprint density at radius 2 is 1.92 bits per heavy atom. The molecule has 1 heterocycles. The van der Waals surface area contributed by atoms with Crippen LogP contribution in [0.25, 0.3) is 0 Å². The third-order valence-corrected chi connectivity index (χ3v) is 4.01. The topological polar surface area (TPSA) is 47.5 Å². The van der Waals surface area contributed by atoms with Crippen molar-refractivity contribution >= 4 is 5.95 Å². The van der Waals surface area contributed by atoms with E-state index in [0.717, 1.165) is 30.7 Å². The Labute approximate surface area is 143 Å². The van der Waals surface area contributed by atoms with Crippen LogP contribution in [0.4, 0.5) is 19.1 Å². The molecule has 0 bridgehead atoms. The van der Waals surface area contributed by atoms with Crippen molar-refractivity contribution in [3.05, 3.63) is 41.7 Å². The largest absolute Gasteiger partial charge is 0.497 e. The first-order valence-electron chi connectivity index (χ1n) is 7.80. The SMILES string of the molecule is COc1ccc(OC)c(CN(c2nccc(C(F)(F)F)n2)C2CC2)c1. The number of halogens is 3. The molecule has 1 aliphatic carbocycles. The number of nitrogens with zero attached hydrogens (tertiary/aromatic N) is 3. The van der Waals surface area contributed by atoms with Gasteiger partial charge in [0.05, 0.1) is 14.2 Å². The second kappa shape index (κ2) is 6.78.